The van der Waals surface area contributed by atoms with Crippen LogP contribution in [0.1, 0.15) is 66.1 Å². The molecule has 3 atom stereocenters. The molecule has 214 valence electrons. The van der Waals surface area contributed by atoms with E-state index in [0.717, 1.165) is 43.7 Å². The number of hydrogen-bond acceptors (Lipinski definition) is 8. The predicted molar refractivity (Wildman–Crippen MR) is 143 cm³/mol. The number of thiazole rings is 1. The van der Waals surface area contributed by atoms with E-state index in [1.165, 1.54) is 35.6 Å². The third-order valence-electron chi connectivity index (χ3n) is 8.10. The Morgan fingerprint density at radius 2 is 1.85 bits per heavy atom. The minimum Gasteiger partial charge on any atom is -0.405 e. The quantitative estimate of drug-likeness (QED) is 0.157. The highest BCUT2D eigenvalue weighted by Gasteiger charge is 2.43. The van der Waals surface area contributed by atoms with Crippen LogP contribution in [-0.2, 0) is 11.3 Å². The number of carbonyl (C=O) groups is 1. The lowest BCUT2D eigenvalue weighted by atomic mass is 10.00. The first kappa shape index (κ1) is 26.4. The first-order valence-corrected chi connectivity index (χ1v) is 14.4. The Morgan fingerprint density at radius 1 is 1.10 bits per heavy atom. The first-order chi connectivity index (χ1) is 19.8. The second-order valence-electron chi connectivity index (χ2n) is 10.9. The summed E-state index contributed by atoms with van der Waals surface area (Å²) in [6.45, 7) is 0.163. The molecule has 41 heavy (non-hydrogen) atoms. The molecule has 0 N–H and O–H groups in total. The lowest BCUT2D eigenvalue weighted by Crippen LogP contribution is -2.45. The molecule has 0 amide bonds. The second kappa shape index (κ2) is 10.1. The largest absolute Gasteiger partial charge is 0.573 e. The zero-order valence-electron chi connectivity index (χ0n) is 21.7. The van der Waals surface area contributed by atoms with Gasteiger partial charge in [-0.15, -0.1) is 13.2 Å². The number of alkyl halides is 3. The van der Waals surface area contributed by atoms with Crippen LogP contribution in [0, 0.1) is 5.82 Å². The van der Waals surface area contributed by atoms with Gasteiger partial charge >= 0.3 is 6.36 Å². The number of aromatic nitrogens is 2. The lowest BCUT2D eigenvalue weighted by molar-refractivity contribution is -0.274. The van der Waals surface area contributed by atoms with Gasteiger partial charge in [-0.05, 0) is 62.8 Å². The summed E-state index contributed by atoms with van der Waals surface area (Å²) in [7, 11) is 0. The third kappa shape index (κ3) is 5.07. The lowest BCUT2D eigenvalue weighted by Gasteiger charge is -2.38. The average Bonchev–Trinajstić information content (AvgIpc) is 3.45. The van der Waals surface area contributed by atoms with Gasteiger partial charge in [0.25, 0.3) is 0 Å². The third-order valence-corrected chi connectivity index (χ3v) is 9.12. The molecule has 0 radical (unpaired) electrons. The number of para-hydroxylation sites is 1. The molecule has 3 aliphatic rings. The number of ether oxygens (including phenoxy) is 2. The molecule has 1 aliphatic carbocycles. The van der Waals surface area contributed by atoms with Gasteiger partial charge in [0.1, 0.15) is 29.0 Å². The summed E-state index contributed by atoms with van der Waals surface area (Å²) in [5.41, 5.74) is 1.73. The van der Waals surface area contributed by atoms with Crippen LogP contribution in [0.25, 0.3) is 21.5 Å². The van der Waals surface area contributed by atoms with Crippen molar-refractivity contribution in [2.45, 2.75) is 75.6 Å². The Bertz CT molecular complexity index is 1600. The molecule has 4 aromatic rings. The second-order valence-corrected chi connectivity index (χ2v) is 11.9. The minimum absolute atomic E-state index is 0.0759. The maximum atomic E-state index is 14.5. The fourth-order valence-electron chi connectivity index (χ4n) is 6.17. The molecule has 7 nitrogen and oxygen atoms in total. The van der Waals surface area contributed by atoms with E-state index in [1.54, 1.807) is 12.1 Å². The Balaban J connectivity index is 1.10. The van der Waals surface area contributed by atoms with E-state index in [4.69, 9.17) is 9.26 Å². The van der Waals surface area contributed by atoms with Gasteiger partial charge in [0.05, 0.1) is 17.4 Å². The van der Waals surface area contributed by atoms with Crippen molar-refractivity contribution in [1.82, 2.24) is 10.1 Å². The standard InChI is InChI=1S/C29H25F4N3O4S/c30-22-9-15(13-37)10-24-26(22)34-28(41-24)36-17-7-8-18(36)12-19(11-17)38-14-21-25(35-40-27(21)16-5-6-16)20-3-1-2-4-23(20)39-29(31,32)33/h1-4,9-10,13,16-19H,5-8,11-12,14H2/t17-,18?,19?/m0/s1. The summed E-state index contributed by atoms with van der Waals surface area (Å²) in [5, 5.41) is 4.91. The van der Waals surface area contributed by atoms with Gasteiger partial charge in [-0.3, -0.25) is 4.79 Å². The summed E-state index contributed by atoms with van der Waals surface area (Å²) >= 11 is 1.39. The molecule has 2 aromatic heterocycles. The van der Waals surface area contributed by atoms with Crippen LogP contribution in [0.5, 0.6) is 5.75 Å². The molecule has 2 aliphatic heterocycles. The smallest absolute Gasteiger partial charge is 0.405 e. The Kier molecular flexibility index (Phi) is 6.50. The van der Waals surface area contributed by atoms with Gasteiger partial charge in [-0.25, -0.2) is 9.37 Å². The van der Waals surface area contributed by atoms with Crippen LogP contribution in [0.3, 0.4) is 0 Å². The Hall–Kier alpha value is -3.51. The Morgan fingerprint density at radius 3 is 2.56 bits per heavy atom. The predicted octanol–water partition coefficient (Wildman–Crippen LogP) is 7.40. The summed E-state index contributed by atoms with van der Waals surface area (Å²) in [6, 6.07) is 9.11. The van der Waals surface area contributed by atoms with E-state index >= 15 is 0 Å². The van der Waals surface area contributed by atoms with Crippen molar-refractivity contribution in [3.63, 3.8) is 0 Å². The molecule has 1 saturated carbocycles. The van der Waals surface area contributed by atoms with Gasteiger partial charge in [0, 0.05) is 34.7 Å². The number of benzene rings is 2. The molecule has 2 unspecified atom stereocenters. The molecule has 7 rings (SSSR count). The molecule has 2 bridgehead atoms. The van der Waals surface area contributed by atoms with Crippen molar-refractivity contribution in [3.05, 3.63) is 59.1 Å². The van der Waals surface area contributed by atoms with Crippen molar-refractivity contribution >= 4 is 33.0 Å². The van der Waals surface area contributed by atoms with Crippen LogP contribution in [0.4, 0.5) is 22.7 Å². The van der Waals surface area contributed by atoms with Crippen LogP contribution < -0.4 is 9.64 Å². The summed E-state index contributed by atoms with van der Waals surface area (Å²) in [4.78, 5) is 18.0. The fraction of sp³-hybridized carbons (Fsp3) is 0.414. The van der Waals surface area contributed by atoms with Crippen molar-refractivity contribution in [2.75, 3.05) is 4.90 Å². The molecule has 12 heteroatoms. The topological polar surface area (TPSA) is 77.7 Å². The number of carbonyl (C=O) groups excluding carboxylic acids is 1. The fourth-order valence-corrected chi connectivity index (χ4v) is 7.34. The van der Waals surface area contributed by atoms with Gasteiger partial charge < -0.3 is 18.9 Å². The molecule has 0 spiro atoms. The highest BCUT2D eigenvalue weighted by Crippen LogP contribution is 2.47. The average molecular weight is 588 g/mol. The maximum absolute atomic E-state index is 14.5. The number of anilines is 1. The number of nitrogens with zero attached hydrogens (tertiary/aromatic N) is 3. The molecular weight excluding hydrogens is 562 g/mol. The SMILES string of the molecule is O=Cc1cc(F)c2nc(N3C4CC[C@H]3CC(OCc3c(-c5ccccc5OC(F)(F)F)noc3C3CC3)C4)sc2c1. The molecule has 2 aromatic carbocycles. The number of halogens is 4. The molecule has 2 saturated heterocycles. The van der Waals surface area contributed by atoms with Crippen molar-refractivity contribution < 1.29 is 36.4 Å². The maximum Gasteiger partial charge on any atom is 0.573 e. The van der Waals surface area contributed by atoms with Gasteiger partial charge in [-0.1, -0.05) is 28.6 Å². The van der Waals surface area contributed by atoms with E-state index in [1.807, 2.05) is 0 Å². The summed E-state index contributed by atoms with van der Waals surface area (Å²) in [5.74, 6) is 0.00259. The van der Waals surface area contributed by atoms with Gasteiger partial charge in [0.15, 0.2) is 10.9 Å². The van der Waals surface area contributed by atoms with Crippen molar-refractivity contribution in [2.24, 2.45) is 0 Å². The van der Waals surface area contributed by atoms with E-state index in [-0.39, 0.29) is 53.1 Å². The van der Waals surface area contributed by atoms with E-state index in [9.17, 15) is 22.4 Å². The summed E-state index contributed by atoms with van der Waals surface area (Å²) < 4.78 is 70.8. The van der Waals surface area contributed by atoms with Crippen molar-refractivity contribution in [3.8, 4) is 17.0 Å². The van der Waals surface area contributed by atoms with Gasteiger partial charge in [-0.2, -0.15) is 0 Å². The van der Waals surface area contributed by atoms with Crippen molar-refractivity contribution in [1.29, 1.82) is 0 Å². The highest BCUT2D eigenvalue weighted by atomic mass is 32.1. The monoisotopic (exact) mass is 587 g/mol. The zero-order valence-corrected chi connectivity index (χ0v) is 22.5. The number of piperidine rings is 1. The highest BCUT2D eigenvalue weighted by molar-refractivity contribution is 7.22. The number of rotatable bonds is 8. The number of hydrogen-bond donors (Lipinski definition) is 0. The van der Waals surface area contributed by atoms with Crippen LogP contribution in [-0.4, -0.2) is 41.0 Å². The van der Waals surface area contributed by atoms with Crippen LogP contribution in [0.15, 0.2) is 40.9 Å². The number of fused-ring (bicyclic) bond motifs is 3. The molecular formula is C29H25F4N3O4S. The Labute approximate surface area is 236 Å². The minimum atomic E-state index is -4.84. The van der Waals surface area contributed by atoms with E-state index < -0.39 is 12.2 Å². The molecule has 3 fully saturated rings. The number of aldehydes is 1. The zero-order chi connectivity index (χ0) is 28.3. The van der Waals surface area contributed by atoms with E-state index in [0.29, 0.717) is 28.0 Å². The van der Waals surface area contributed by atoms with Crippen LogP contribution >= 0.6 is 11.3 Å². The normalized spacial score (nSPS) is 22.4. The van der Waals surface area contributed by atoms with E-state index in [2.05, 4.69) is 19.8 Å². The first-order valence-electron chi connectivity index (χ1n) is 13.6. The molecule has 4 heterocycles. The van der Waals surface area contributed by atoms with Gasteiger partial charge in [0.2, 0.25) is 0 Å². The van der Waals surface area contributed by atoms with Crippen LogP contribution in [0.2, 0.25) is 0 Å². The summed E-state index contributed by atoms with van der Waals surface area (Å²) in [6.07, 6.45) is 0.967.